The molecule has 132 valence electrons. The van der Waals surface area contributed by atoms with Crippen LogP contribution in [0.3, 0.4) is 0 Å². The summed E-state index contributed by atoms with van der Waals surface area (Å²) in [5.74, 6) is 0.690. The van der Waals surface area contributed by atoms with E-state index in [2.05, 4.69) is 5.32 Å². The molecule has 7 nitrogen and oxygen atoms in total. The van der Waals surface area contributed by atoms with Gasteiger partial charge in [0.25, 0.3) is 0 Å². The summed E-state index contributed by atoms with van der Waals surface area (Å²) < 4.78 is 10.6. The molecule has 1 heterocycles. The fourth-order valence-corrected chi connectivity index (χ4v) is 2.67. The van der Waals surface area contributed by atoms with Crippen LogP contribution in [0.25, 0.3) is 0 Å². The van der Waals surface area contributed by atoms with Gasteiger partial charge in [0.15, 0.2) is 0 Å². The molecule has 1 aliphatic rings. The minimum absolute atomic E-state index is 0.0884. The lowest BCUT2D eigenvalue weighted by molar-refractivity contribution is -0.126. The number of carbonyl (C=O) groups is 2. The van der Waals surface area contributed by atoms with Crippen molar-refractivity contribution < 1.29 is 19.1 Å². The second kappa shape index (κ2) is 8.01. The van der Waals surface area contributed by atoms with Crippen LogP contribution >= 0.6 is 0 Å². The third-order valence-corrected chi connectivity index (χ3v) is 4.03. The van der Waals surface area contributed by atoms with Crippen molar-refractivity contribution in [2.45, 2.75) is 6.42 Å². The van der Waals surface area contributed by atoms with Gasteiger partial charge in [-0.15, -0.1) is 0 Å². The van der Waals surface area contributed by atoms with Crippen molar-refractivity contribution in [3.05, 3.63) is 18.2 Å². The first-order valence-electron chi connectivity index (χ1n) is 7.91. The molecule has 1 fully saturated rings. The van der Waals surface area contributed by atoms with Crippen LogP contribution in [0, 0.1) is 5.92 Å². The largest absolute Gasteiger partial charge is 0.497 e. The molecule has 24 heavy (non-hydrogen) atoms. The molecule has 1 unspecified atom stereocenters. The number of ether oxygens (including phenoxy) is 2. The number of anilines is 1. The highest BCUT2D eigenvalue weighted by Gasteiger charge is 2.36. The fourth-order valence-electron chi connectivity index (χ4n) is 2.67. The molecule has 0 aliphatic carbocycles. The van der Waals surface area contributed by atoms with Gasteiger partial charge < -0.3 is 24.6 Å². The average molecular weight is 335 g/mol. The summed E-state index contributed by atoms with van der Waals surface area (Å²) in [6, 6.07) is 5.28. The standard InChI is InChI=1S/C17H25N3O4/c1-19(2)8-7-18-17(22)12-9-16(21)20(11-12)14-10-13(23-3)5-6-15(14)24-4/h5-6,10,12H,7-9,11H2,1-4H3,(H,18,22). The molecule has 1 aromatic rings. The molecule has 0 saturated carbocycles. The van der Waals surface area contributed by atoms with Crippen molar-refractivity contribution in [2.24, 2.45) is 5.92 Å². The lowest BCUT2D eigenvalue weighted by atomic mass is 10.1. The maximum absolute atomic E-state index is 12.4. The maximum atomic E-state index is 12.4. The molecule has 0 radical (unpaired) electrons. The van der Waals surface area contributed by atoms with E-state index >= 15 is 0 Å². The Hall–Kier alpha value is -2.28. The van der Waals surface area contributed by atoms with Crippen LogP contribution in [0.1, 0.15) is 6.42 Å². The summed E-state index contributed by atoms with van der Waals surface area (Å²) in [7, 11) is 7.01. The minimum Gasteiger partial charge on any atom is -0.497 e. The summed E-state index contributed by atoms with van der Waals surface area (Å²) in [6.07, 6.45) is 0.203. The Morgan fingerprint density at radius 3 is 2.71 bits per heavy atom. The predicted molar refractivity (Wildman–Crippen MR) is 91.6 cm³/mol. The van der Waals surface area contributed by atoms with Gasteiger partial charge in [0.1, 0.15) is 11.5 Å². The molecular weight excluding hydrogens is 310 g/mol. The van der Waals surface area contributed by atoms with Crippen LogP contribution in [0.15, 0.2) is 18.2 Å². The molecule has 0 spiro atoms. The highest BCUT2D eigenvalue weighted by atomic mass is 16.5. The Labute approximate surface area is 142 Å². The number of methoxy groups -OCH3 is 2. The van der Waals surface area contributed by atoms with E-state index in [4.69, 9.17) is 9.47 Å². The quantitative estimate of drug-likeness (QED) is 0.796. The molecular formula is C17H25N3O4. The summed E-state index contributed by atoms with van der Waals surface area (Å²) in [5, 5.41) is 2.88. The van der Waals surface area contributed by atoms with Gasteiger partial charge in [0.05, 0.1) is 25.8 Å². The van der Waals surface area contributed by atoms with Gasteiger partial charge >= 0.3 is 0 Å². The minimum atomic E-state index is -0.351. The van der Waals surface area contributed by atoms with Crippen molar-refractivity contribution in [1.82, 2.24) is 10.2 Å². The number of likely N-dealkylation sites (N-methyl/N-ethyl adjacent to an activating group) is 1. The first-order valence-corrected chi connectivity index (χ1v) is 7.91. The Kier molecular flexibility index (Phi) is 6.03. The number of benzene rings is 1. The van der Waals surface area contributed by atoms with E-state index in [1.807, 2.05) is 19.0 Å². The van der Waals surface area contributed by atoms with E-state index in [-0.39, 0.29) is 24.2 Å². The van der Waals surface area contributed by atoms with Crippen LogP contribution in [-0.2, 0) is 9.59 Å². The van der Waals surface area contributed by atoms with E-state index in [1.165, 1.54) is 0 Å². The van der Waals surface area contributed by atoms with Gasteiger partial charge in [0, 0.05) is 32.1 Å². The molecule has 0 aromatic heterocycles. The number of nitrogens with one attached hydrogen (secondary N) is 1. The Morgan fingerprint density at radius 1 is 1.33 bits per heavy atom. The van der Waals surface area contributed by atoms with Gasteiger partial charge in [-0.1, -0.05) is 0 Å². The second-order valence-corrected chi connectivity index (χ2v) is 6.04. The molecule has 1 N–H and O–H groups in total. The summed E-state index contributed by atoms with van der Waals surface area (Å²) in [4.78, 5) is 28.2. The predicted octanol–water partition coefficient (Wildman–Crippen LogP) is 0.735. The van der Waals surface area contributed by atoms with Crippen molar-refractivity contribution in [3.8, 4) is 11.5 Å². The van der Waals surface area contributed by atoms with Crippen LogP contribution in [0.4, 0.5) is 5.69 Å². The molecule has 0 bridgehead atoms. The number of nitrogens with zero attached hydrogens (tertiary/aromatic N) is 2. The Balaban J connectivity index is 2.08. The molecule has 1 saturated heterocycles. The van der Waals surface area contributed by atoms with Crippen molar-refractivity contribution in [3.63, 3.8) is 0 Å². The third kappa shape index (κ3) is 4.17. The van der Waals surface area contributed by atoms with Gasteiger partial charge in [-0.25, -0.2) is 0 Å². The second-order valence-electron chi connectivity index (χ2n) is 6.04. The van der Waals surface area contributed by atoms with Crippen LogP contribution in [0.2, 0.25) is 0 Å². The number of amides is 2. The first kappa shape index (κ1) is 18.1. The summed E-state index contributed by atoms with van der Waals surface area (Å²) >= 11 is 0. The monoisotopic (exact) mass is 335 g/mol. The SMILES string of the molecule is COc1ccc(OC)c(N2CC(C(=O)NCCN(C)C)CC2=O)c1. The number of hydrogen-bond acceptors (Lipinski definition) is 5. The van der Waals surface area contributed by atoms with Crippen LogP contribution in [-0.4, -0.2) is 64.7 Å². The number of hydrogen-bond donors (Lipinski definition) is 1. The summed E-state index contributed by atoms with van der Waals surface area (Å²) in [5.41, 5.74) is 0.630. The topological polar surface area (TPSA) is 71.1 Å². The van der Waals surface area contributed by atoms with Gasteiger partial charge in [-0.2, -0.15) is 0 Å². The van der Waals surface area contributed by atoms with Crippen molar-refractivity contribution in [1.29, 1.82) is 0 Å². The van der Waals surface area contributed by atoms with Gasteiger partial charge in [-0.3, -0.25) is 9.59 Å². The van der Waals surface area contributed by atoms with Gasteiger partial charge in [0.2, 0.25) is 11.8 Å². The molecule has 2 amide bonds. The first-order chi connectivity index (χ1) is 11.5. The molecule has 2 rings (SSSR count). The molecule has 1 aromatic carbocycles. The van der Waals surface area contributed by atoms with Crippen LogP contribution < -0.4 is 19.7 Å². The summed E-state index contributed by atoms with van der Waals surface area (Å²) in [6.45, 7) is 1.68. The number of rotatable bonds is 7. The number of carbonyl (C=O) groups excluding carboxylic acids is 2. The lowest BCUT2D eigenvalue weighted by Crippen LogP contribution is -2.36. The van der Waals surface area contributed by atoms with Crippen LogP contribution in [0.5, 0.6) is 11.5 Å². The average Bonchev–Trinajstić information content (AvgIpc) is 2.95. The smallest absolute Gasteiger partial charge is 0.227 e. The highest BCUT2D eigenvalue weighted by Crippen LogP contribution is 2.35. The Morgan fingerprint density at radius 2 is 2.08 bits per heavy atom. The third-order valence-electron chi connectivity index (χ3n) is 4.03. The van der Waals surface area contributed by atoms with E-state index in [9.17, 15) is 9.59 Å². The zero-order valence-corrected chi connectivity index (χ0v) is 14.7. The molecule has 1 atom stereocenters. The zero-order chi connectivity index (χ0) is 17.7. The van der Waals surface area contributed by atoms with Crippen molar-refractivity contribution >= 4 is 17.5 Å². The van der Waals surface area contributed by atoms with E-state index in [0.29, 0.717) is 30.3 Å². The van der Waals surface area contributed by atoms with Gasteiger partial charge in [-0.05, 0) is 26.2 Å². The Bertz CT molecular complexity index is 603. The highest BCUT2D eigenvalue weighted by molar-refractivity contribution is 6.01. The fraction of sp³-hybridized carbons (Fsp3) is 0.529. The molecule has 1 aliphatic heterocycles. The van der Waals surface area contributed by atoms with E-state index in [1.54, 1.807) is 37.3 Å². The maximum Gasteiger partial charge on any atom is 0.227 e. The van der Waals surface area contributed by atoms with E-state index in [0.717, 1.165) is 6.54 Å². The lowest BCUT2D eigenvalue weighted by Gasteiger charge is -2.20. The van der Waals surface area contributed by atoms with E-state index < -0.39 is 0 Å². The zero-order valence-electron chi connectivity index (χ0n) is 14.7. The van der Waals surface area contributed by atoms with Crippen molar-refractivity contribution in [2.75, 3.05) is 52.8 Å². The molecule has 7 heteroatoms. The normalized spacial score (nSPS) is 17.3.